The number of aromatic nitrogens is 1. The van der Waals surface area contributed by atoms with Crippen molar-refractivity contribution in [3.05, 3.63) is 59.8 Å². The molecule has 2 fully saturated rings. The molecule has 2 saturated carbocycles. The van der Waals surface area contributed by atoms with Gasteiger partial charge in [0.2, 0.25) is 5.69 Å². The van der Waals surface area contributed by atoms with Crippen LogP contribution in [0.4, 0.5) is 0 Å². The molecule has 0 unspecified atom stereocenters. The Balaban J connectivity index is 1.62. The van der Waals surface area contributed by atoms with Crippen LogP contribution in [-0.2, 0) is 7.05 Å². The summed E-state index contributed by atoms with van der Waals surface area (Å²) in [6, 6.07) is 17.0. The molecule has 0 bridgehead atoms. The summed E-state index contributed by atoms with van der Waals surface area (Å²) in [4.78, 5) is 0. The molecule has 1 nitrogen and oxygen atoms in total. The van der Waals surface area contributed by atoms with Gasteiger partial charge in [-0.2, -0.15) is 0 Å². The zero-order valence-electron chi connectivity index (χ0n) is 19.2. The third-order valence-corrected chi connectivity index (χ3v) is 12.5. The van der Waals surface area contributed by atoms with E-state index < -0.39 is 8.07 Å². The molecule has 2 heteroatoms. The van der Waals surface area contributed by atoms with E-state index in [1.165, 1.54) is 72.5 Å². The monoisotopic (exact) mass is 414 g/mol. The van der Waals surface area contributed by atoms with E-state index in [9.17, 15) is 0 Å². The quantitative estimate of drug-likeness (QED) is 0.328. The standard InChI is InChI=1S/C28H36NSi/c1-20-10-11-22(21-8-6-5-7-9-21)19-27(20)28-26-15-14-25(30(3,4)24-12-13-24)18-23(26)16-17-29(28)2/h10-11,14-19,21,24H,5-9,12-13H2,1-4H3/q+1. The molecule has 0 saturated heterocycles. The molecule has 3 aromatic rings. The first-order valence-corrected chi connectivity index (χ1v) is 15.1. The molecule has 0 radical (unpaired) electrons. The number of rotatable bonds is 4. The summed E-state index contributed by atoms with van der Waals surface area (Å²) in [6.45, 7) is 7.40. The Kier molecular flexibility index (Phi) is 5.09. The van der Waals surface area contributed by atoms with Gasteiger partial charge in [0.05, 0.1) is 13.5 Å². The van der Waals surface area contributed by atoms with Crippen molar-refractivity contribution < 1.29 is 4.57 Å². The summed E-state index contributed by atoms with van der Waals surface area (Å²) in [6.07, 6.45) is 12.1. The minimum Gasteiger partial charge on any atom is -0.200 e. The summed E-state index contributed by atoms with van der Waals surface area (Å²) in [5.74, 6) is 0.746. The molecule has 30 heavy (non-hydrogen) atoms. The van der Waals surface area contributed by atoms with Gasteiger partial charge in [-0.3, -0.25) is 0 Å². The molecule has 2 aliphatic carbocycles. The van der Waals surface area contributed by atoms with Crippen molar-refractivity contribution in [1.82, 2.24) is 0 Å². The van der Waals surface area contributed by atoms with Gasteiger partial charge in [-0.1, -0.05) is 74.7 Å². The SMILES string of the molecule is Cc1ccc(C2CCCCC2)cc1-c1c2ccc([Si](C)(C)C3CC3)cc2cc[n+]1C. The van der Waals surface area contributed by atoms with Crippen molar-refractivity contribution in [2.24, 2.45) is 7.05 Å². The van der Waals surface area contributed by atoms with Crippen LogP contribution in [-0.4, -0.2) is 8.07 Å². The molecule has 1 heterocycles. The van der Waals surface area contributed by atoms with E-state index in [1.54, 1.807) is 10.8 Å². The highest BCUT2D eigenvalue weighted by molar-refractivity contribution is 6.91. The summed E-state index contributed by atoms with van der Waals surface area (Å²) < 4.78 is 2.33. The number of fused-ring (bicyclic) bond motifs is 1. The average Bonchev–Trinajstić information content (AvgIpc) is 3.61. The molecular formula is C28H36NSi+. The molecule has 0 atom stereocenters. The van der Waals surface area contributed by atoms with Gasteiger partial charge >= 0.3 is 0 Å². The summed E-state index contributed by atoms with van der Waals surface area (Å²) in [5, 5.41) is 4.43. The highest BCUT2D eigenvalue weighted by Gasteiger charge is 2.40. The minimum atomic E-state index is -1.32. The predicted molar refractivity (Wildman–Crippen MR) is 131 cm³/mol. The molecule has 1 aromatic heterocycles. The molecule has 0 spiro atoms. The number of hydrogen-bond acceptors (Lipinski definition) is 0. The van der Waals surface area contributed by atoms with Gasteiger partial charge in [-0.05, 0) is 59.9 Å². The third kappa shape index (κ3) is 3.54. The number of pyridine rings is 1. The summed E-state index contributed by atoms with van der Waals surface area (Å²) >= 11 is 0. The number of hydrogen-bond donors (Lipinski definition) is 0. The maximum atomic E-state index is 2.56. The molecular weight excluding hydrogens is 378 g/mol. The molecule has 156 valence electrons. The Labute approximate surface area is 183 Å². The first-order chi connectivity index (χ1) is 14.4. The second-order valence-electron chi connectivity index (χ2n) is 10.5. The molecule has 0 N–H and O–H groups in total. The molecule has 2 aliphatic rings. The van der Waals surface area contributed by atoms with Gasteiger partial charge in [0.15, 0.2) is 6.20 Å². The van der Waals surface area contributed by atoms with Crippen LogP contribution >= 0.6 is 0 Å². The fraction of sp³-hybridized carbons (Fsp3) is 0.464. The molecule has 2 aromatic carbocycles. The van der Waals surface area contributed by atoms with Crippen LogP contribution in [0.1, 0.15) is 62.0 Å². The van der Waals surface area contributed by atoms with E-state index in [2.05, 4.69) is 80.3 Å². The van der Waals surface area contributed by atoms with Crippen molar-refractivity contribution in [2.75, 3.05) is 0 Å². The lowest BCUT2D eigenvalue weighted by molar-refractivity contribution is -0.659. The van der Waals surface area contributed by atoms with Gasteiger partial charge in [0, 0.05) is 11.6 Å². The maximum absolute atomic E-state index is 2.56. The zero-order chi connectivity index (χ0) is 20.9. The smallest absolute Gasteiger partial charge is 0.200 e. The minimum absolute atomic E-state index is 0.746. The number of benzene rings is 2. The number of aryl methyl sites for hydroxylation is 2. The van der Waals surface area contributed by atoms with Gasteiger partial charge in [-0.25, -0.2) is 4.57 Å². The first-order valence-electron chi connectivity index (χ1n) is 12.0. The largest absolute Gasteiger partial charge is 0.220 e. The van der Waals surface area contributed by atoms with Crippen molar-refractivity contribution in [3.63, 3.8) is 0 Å². The molecule has 0 amide bonds. The Morgan fingerprint density at radius 1 is 0.867 bits per heavy atom. The van der Waals surface area contributed by atoms with E-state index in [0.717, 1.165) is 11.5 Å². The van der Waals surface area contributed by atoms with Crippen LogP contribution in [0.25, 0.3) is 22.0 Å². The fourth-order valence-corrected chi connectivity index (χ4v) is 8.86. The third-order valence-electron chi connectivity index (χ3n) is 8.07. The van der Waals surface area contributed by atoms with Crippen LogP contribution in [0, 0.1) is 6.92 Å². The second-order valence-corrected chi connectivity index (χ2v) is 15.3. The highest BCUT2D eigenvalue weighted by Crippen LogP contribution is 2.45. The van der Waals surface area contributed by atoms with Crippen LogP contribution in [0.3, 0.4) is 0 Å². The van der Waals surface area contributed by atoms with Crippen molar-refractivity contribution in [3.8, 4) is 11.3 Å². The number of nitrogens with zero attached hydrogens (tertiary/aromatic N) is 1. The van der Waals surface area contributed by atoms with E-state index in [0.29, 0.717) is 0 Å². The summed E-state index contributed by atoms with van der Waals surface area (Å²) in [5.41, 5.74) is 6.71. The van der Waals surface area contributed by atoms with Gasteiger partial charge in [0.1, 0.15) is 7.05 Å². The molecule has 0 aliphatic heterocycles. The topological polar surface area (TPSA) is 3.88 Å². The van der Waals surface area contributed by atoms with Crippen molar-refractivity contribution >= 4 is 24.0 Å². The molecule has 5 rings (SSSR count). The lowest BCUT2D eigenvalue weighted by Gasteiger charge is -2.23. The Morgan fingerprint density at radius 3 is 2.37 bits per heavy atom. The van der Waals surface area contributed by atoms with E-state index in [4.69, 9.17) is 0 Å². The second kappa shape index (κ2) is 7.64. The van der Waals surface area contributed by atoms with E-state index in [-0.39, 0.29) is 0 Å². The van der Waals surface area contributed by atoms with E-state index in [1.807, 2.05) is 0 Å². The fourth-order valence-electron chi connectivity index (χ4n) is 5.73. The predicted octanol–water partition coefficient (Wildman–Crippen LogP) is 6.77. The highest BCUT2D eigenvalue weighted by atomic mass is 28.3. The van der Waals surface area contributed by atoms with Crippen LogP contribution in [0.5, 0.6) is 0 Å². The van der Waals surface area contributed by atoms with Gasteiger partial charge in [0.25, 0.3) is 0 Å². The normalized spacial score (nSPS) is 18.1. The van der Waals surface area contributed by atoms with E-state index >= 15 is 0 Å². The zero-order valence-corrected chi connectivity index (χ0v) is 20.2. The Hall–Kier alpha value is -1.93. The lowest BCUT2D eigenvalue weighted by atomic mass is 9.82. The maximum Gasteiger partial charge on any atom is 0.220 e. The van der Waals surface area contributed by atoms with Crippen LogP contribution in [0.2, 0.25) is 18.6 Å². The summed E-state index contributed by atoms with van der Waals surface area (Å²) in [7, 11) is 0.884. The first kappa shape index (κ1) is 20.0. The van der Waals surface area contributed by atoms with Crippen LogP contribution in [0.15, 0.2) is 48.7 Å². The van der Waals surface area contributed by atoms with Gasteiger partial charge in [-0.15, -0.1) is 0 Å². The average molecular weight is 415 g/mol. The Bertz CT molecular complexity index is 1090. The van der Waals surface area contributed by atoms with Crippen molar-refractivity contribution in [2.45, 2.75) is 76.4 Å². The van der Waals surface area contributed by atoms with Crippen LogP contribution < -0.4 is 9.75 Å². The van der Waals surface area contributed by atoms with Gasteiger partial charge < -0.3 is 0 Å². The Morgan fingerprint density at radius 2 is 1.63 bits per heavy atom. The van der Waals surface area contributed by atoms with Crippen molar-refractivity contribution in [1.29, 1.82) is 0 Å². The lowest BCUT2D eigenvalue weighted by Crippen LogP contribution is -2.41.